The number of piperidine rings is 1. The monoisotopic (exact) mass is 382 g/mol. The van der Waals surface area contributed by atoms with Crippen LogP contribution in [0, 0.1) is 0 Å². The van der Waals surface area contributed by atoms with Gasteiger partial charge in [-0.2, -0.15) is 5.10 Å². The quantitative estimate of drug-likeness (QED) is 0.849. The number of carbonyl (C=O) groups is 1. The van der Waals surface area contributed by atoms with Crippen molar-refractivity contribution in [1.82, 2.24) is 20.4 Å². The van der Waals surface area contributed by atoms with Gasteiger partial charge in [-0.05, 0) is 50.0 Å². The summed E-state index contributed by atoms with van der Waals surface area (Å²) in [6, 6.07) is 7.74. The fraction of sp³-hybridized carbons (Fsp3) is 0.444. The smallest absolute Gasteiger partial charge is 0.255 e. The van der Waals surface area contributed by atoms with E-state index in [0.717, 1.165) is 37.3 Å². The predicted octanol–water partition coefficient (Wildman–Crippen LogP) is 3.55. The minimum atomic E-state index is -0.0427. The molecule has 1 aromatic heterocycles. The van der Waals surface area contributed by atoms with Gasteiger partial charge in [-0.25, -0.2) is 4.68 Å². The van der Waals surface area contributed by atoms with E-state index >= 15 is 0 Å². The van der Waals surface area contributed by atoms with Crippen LogP contribution in [0.4, 0.5) is 0 Å². The van der Waals surface area contributed by atoms with E-state index in [1.807, 2.05) is 28.9 Å². The Labute approximate surface area is 159 Å². The average molecular weight is 383 g/mol. The highest BCUT2D eigenvalue weighted by molar-refractivity contribution is 6.30. The van der Waals surface area contributed by atoms with E-state index in [4.69, 9.17) is 11.6 Å². The summed E-state index contributed by atoms with van der Waals surface area (Å²) in [6.45, 7) is 6.03. The maximum absolute atomic E-state index is 12.7. The highest BCUT2D eigenvalue weighted by Gasteiger charge is 2.23. The van der Waals surface area contributed by atoms with Crippen molar-refractivity contribution in [1.29, 1.82) is 0 Å². The zero-order valence-electron chi connectivity index (χ0n) is 14.5. The summed E-state index contributed by atoms with van der Waals surface area (Å²) in [7, 11) is 0. The Morgan fingerprint density at radius 3 is 2.72 bits per heavy atom. The normalized spacial score (nSPS) is 15.0. The molecule has 0 spiro atoms. The van der Waals surface area contributed by atoms with E-state index in [1.54, 1.807) is 6.20 Å². The molecule has 25 heavy (non-hydrogen) atoms. The van der Waals surface area contributed by atoms with Crippen LogP contribution in [0.3, 0.4) is 0 Å². The molecule has 0 aliphatic carbocycles. The van der Waals surface area contributed by atoms with Crippen molar-refractivity contribution in [2.75, 3.05) is 13.1 Å². The lowest BCUT2D eigenvalue weighted by Gasteiger charge is -2.24. The van der Waals surface area contributed by atoms with Crippen LogP contribution in [-0.2, 0) is 0 Å². The van der Waals surface area contributed by atoms with Crippen LogP contribution < -0.4 is 10.6 Å². The van der Waals surface area contributed by atoms with E-state index in [0.29, 0.717) is 10.6 Å². The second-order valence-electron chi connectivity index (χ2n) is 6.49. The number of carbonyl (C=O) groups excluding carboxylic acids is 1. The van der Waals surface area contributed by atoms with E-state index in [1.165, 1.54) is 0 Å². The zero-order valence-corrected chi connectivity index (χ0v) is 16.0. The lowest BCUT2D eigenvalue weighted by molar-refractivity contribution is 0.0928. The van der Waals surface area contributed by atoms with Crippen molar-refractivity contribution < 1.29 is 4.79 Å². The number of nitrogens with zero attached hydrogens (tertiary/aromatic N) is 2. The molecule has 1 aliphatic rings. The molecule has 1 aliphatic heterocycles. The molecule has 2 heterocycles. The van der Waals surface area contributed by atoms with Crippen LogP contribution in [0.1, 0.15) is 48.7 Å². The van der Waals surface area contributed by atoms with Gasteiger partial charge in [0.2, 0.25) is 0 Å². The van der Waals surface area contributed by atoms with Gasteiger partial charge in [0.25, 0.3) is 5.91 Å². The Morgan fingerprint density at radius 2 is 2.08 bits per heavy atom. The van der Waals surface area contributed by atoms with Gasteiger partial charge in [-0.3, -0.25) is 4.79 Å². The molecular weight excluding hydrogens is 359 g/mol. The largest absolute Gasteiger partial charge is 0.349 e. The van der Waals surface area contributed by atoms with Crippen LogP contribution in [0.25, 0.3) is 5.69 Å². The molecule has 1 saturated heterocycles. The molecule has 3 rings (SSSR count). The number of amides is 1. The fourth-order valence-electron chi connectivity index (χ4n) is 3.13. The van der Waals surface area contributed by atoms with Gasteiger partial charge in [-0.1, -0.05) is 31.5 Å². The maximum Gasteiger partial charge on any atom is 0.255 e. The van der Waals surface area contributed by atoms with Gasteiger partial charge in [0.05, 0.1) is 23.1 Å². The first-order valence-electron chi connectivity index (χ1n) is 8.41. The summed E-state index contributed by atoms with van der Waals surface area (Å²) in [4.78, 5) is 12.7. The van der Waals surface area contributed by atoms with Gasteiger partial charge < -0.3 is 10.6 Å². The Balaban J connectivity index is 0.00000225. The first kappa shape index (κ1) is 19.8. The molecule has 0 bridgehead atoms. The lowest BCUT2D eigenvalue weighted by Crippen LogP contribution is -2.42. The molecule has 1 aromatic carbocycles. The number of benzene rings is 1. The Morgan fingerprint density at radius 1 is 1.36 bits per heavy atom. The van der Waals surface area contributed by atoms with Crippen molar-refractivity contribution >= 4 is 29.9 Å². The van der Waals surface area contributed by atoms with Crippen molar-refractivity contribution in [2.24, 2.45) is 0 Å². The minimum absolute atomic E-state index is 0. The van der Waals surface area contributed by atoms with Crippen LogP contribution in [0.15, 0.2) is 30.5 Å². The highest BCUT2D eigenvalue weighted by atomic mass is 35.5. The van der Waals surface area contributed by atoms with Gasteiger partial charge in [0, 0.05) is 11.1 Å². The zero-order chi connectivity index (χ0) is 17.1. The summed E-state index contributed by atoms with van der Waals surface area (Å²) < 4.78 is 1.81. The Kier molecular flexibility index (Phi) is 6.87. The number of halogens is 2. The van der Waals surface area contributed by atoms with E-state index < -0.39 is 0 Å². The van der Waals surface area contributed by atoms with Gasteiger partial charge in [0.1, 0.15) is 0 Å². The molecular formula is C18H24Cl2N4O. The van der Waals surface area contributed by atoms with Crippen LogP contribution >= 0.6 is 24.0 Å². The maximum atomic E-state index is 12.7. The molecule has 0 unspecified atom stereocenters. The number of hydrogen-bond donors (Lipinski definition) is 2. The van der Waals surface area contributed by atoms with Crippen LogP contribution in [0.5, 0.6) is 0 Å². The molecule has 0 atom stereocenters. The molecule has 5 nitrogen and oxygen atoms in total. The first-order valence-corrected chi connectivity index (χ1v) is 8.79. The number of aromatic nitrogens is 2. The summed E-state index contributed by atoms with van der Waals surface area (Å²) in [5, 5.41) is 11.6. The molecule has 7 heteroatoms. The Bertz CT molecular complexity index is 724. The SMILES string of the molecule is CC(C)c1c(C(=O)NC2CCNCC2)cnn1-c1cccc(Cl)c1.Cl. The Hall–Kier alpha value is -1.56. The third kappa shape index (κ3) is 4.54. The topological polar surface area (TPSA) is 59.0 Å². The predicted molar refractivity (Wildman–Crippen MR) is 103 cm³/mol. The molecule has 1 amide bonds. The molecule has 136 valence electrons. The van der Waals surface area contributed by atoms with Crippen LogP contribution in [-0.4, -0.2) is 34.8 Å². The molecule has 1 fully saturated rings. The summed E-state index contributed by atoms with van der Waals surface area (Å²) in [5.74, 6) is 0.124. The fourth-order valence-corrected chi connectivity index (χ4v) is 3.32. The summed E-state index contributed by atoms with van der Waals surface area (Å²) in [6.07, 6.45) is 3.59. The van der Waals surface area contributed by atoms with Crippen molar-refractivity contribution in [3.05, 3.63) is 46.7 Å². The molecule has 0 saturated carbocycles. The second-order valence-corrected chi connectivity index (χ2v) is 6.92. The lowest BCUT2D eigenvalue weighted by atomic mass is 10.0. The van der Waals surface area contributed by atoms with E-state index in [9.17, 15) is 4.79 Å². The van der Waals surface area contributed by atoms with Crippen molar-refractivity contribution in [2.45, 2.75) is 38.6 Å². The van der Waals surface area contributed by atoms with Crippen molar-refractivity contribution in [3.8, 4) is 5.69 Å². The van der Waals surface area contributed by atoms with Gasteiger partial charge in [0.15, 0.2) is 0 Å². The number of nitrogens with one attached hydrogen (secondary N) is 2. The molecule has 0 radical (unpaired) electrons. The van der Waals surface area contributed by atoms with Crippen LogP contribution in [0.2, 0.25) is 5.02 Å². The van der Waals surface area contributed by atoms with Crippen molar-refractivity contribution in [3.63, 3.8) is 0 Å². The summed E-state index contributed by atoms with van der Waals surface area (Å²) in [5.41, 5.74) is 2.42. The number of hydrogen-bond acceptors (Lipinski definition) is 3. The minimum Gasteiger partial charge on any atom is -0.349 e. The molecule has 2 N–H and O–H groups in total. The highest BCUT2D eigenvalue weighted by Crippen LogP contribution is 2.24. The standard InChI is InChI=1S/C18H23ClN4O.ClH/c1-12(2)17-16(18(24)22-14-6-8-20-9-7-14)11-21-23(17)15-5-3-4-13(19)10-15;/h3-5,10-12,14,20H,6-9H2,1-2H3,(H,22,24);1H. The van der Waals surface area contributed by atoms with E-state index in [2.05, 4.69) is 29.6 Å². The third-order valence-corrected chi connectivity index (χ3v) is 4.56. The third-order valence-electron chi connectivity index (χ3n) is 4.33. The molecule has 2 aromatic rings. The number of rotatable bonds is 4. The second kappa shape index (κ2) is 8.70. The van der Waals surface area contributed by atoms with Gasteiger partial charge >= 0.3 is 0 Å². The first-order chi connectivity index (χ1) is 11.6. The van der Waals surface area contributed by atoms with Gasteiger partial charge in [-0.15, -0.1) is 12.4 Å². The average Bonchev–Trinajstić information content (AvgIpc) is 3.01. The van der Waals surface area contributed by atoms with E-state index in [-0.39, 0.29) is 30.3 Å². The summed E-state index contributed by atoms with van der Waals surface area (Å²) >= 11 is 6.10.